The number of aromatic carboxylic acids is 1. The summed E-state index contributed by atoms with van der Waals surface area (Å²) in [6.07, 6.45) is 0. The molecule has 8 nitrogen and oxygen atoms in total. The Bertz CT molecular complexity index is 805. The molecular formula is C18H21NO7. The summed E-state index contributed by atoms with van der Waals surface area (Å²) < 4.78 is 26.4. The minimum atomic E-state index is -1.15. The highest BCUT2D eigenvalue weighted by atomic mass is 16.5. The van der Waals surface area contributed by atoms with E-state index in [9.17, 15) is 9.90 Å². The monoisotopic (exact) mass is 363 g/mol. The number of nitrogens with one attached hydrogen (secondary N) is 1. The van der Waals surface area contributed by atoms with E-state index in [2.05, 4.69) is 5.32 Å². The summed E-state index contributed by atoms with van der Waals surface area (Å²) in [7, 11) is 7.33. The maximum atomic E-state index is 11.7. The van der Waals surface area contributed by atoms with Gasteiger partial charge in [-0.05, 0) is 12.1 Å². The number of carboxylic acid groups (broad SMARTS) is 1. The van der Waals surface area contributed by atoms with Crippen molar-refractivity contribution in [3.63, 3.8) is 0 Å². The molecule has 2 aromatic carbocycles. The second kappa shape index (κ2) is 8.19. The van der Waals surface area contributed by atoms with Crippen molar-refractivity contribution < 1.29 is 33.6 Å². The van der Waals surface area contributed by atoms with Gasteiger partial charge in [-0.2, -0.15) is 0 Å². The van der Waals surface area contributed by atoms with Crippen LogP contribution in [0, 0.1) is 0 Å². The molecule has 2 rings (SSSR count). The second-order valence-corrected chi connectivity index (χ2v) is 5.07. The van der Waals surface area contributed by atoms with Crippen molar-refractivity contribution in [1.82, 2.24) is 0 Å². The van der Waals surface area contributed by atoms with Crippen LogP contribution in [0.1, 0.15) is 10.4 Å². The first kappa shape index (κ1) is 19.0. The Hall–Kier alpha value is -3.29. The topological polar surface area (TPSA) is 95.5 Å². The number of carbonyl (C=O) groups is 1. The normalized spacial score (nSPS) is 10.0. The molecule has 0 saturated carbocycles. The van der Waals surface area contributed by atoms with Crippen molar-refractivity contribution in [2.45, 2.75) is 0 Å². The van der Waals surface area contributed by atoms with E-state index in [-0.39, 0.29) is 28.5 Å². The van der Waals surface area contributed by atoms with Crippen LogP contribution in [-0.4, -0.2) is 46.6 Å². The highest BCUT2D eigenvalue weighted by Crippen LogP contribution is 2.46. The Morgan fingerprint density at radius 1 is 0.808 bits per heavy atom. The van der Waals surface area contributed by atoms with Crippen LogP contribution in [0.4, 0.5) is 11.4 Å². The lowest BCUT2D eigenvalue weighted by atomic mass is 10.1. The maximum absolute atomic E-state index is 11.7. The third kappa shape index (κ3) is 3.53. The number of rotatable bonds is 8. The zero-order chi connectivity index (χ0) is 19.3. The molecule has 0 atom stereocenters. The highest BCUT2D eigenvalue weighted by molar-refractivity contribution is 5.99. The van der Waals surface area contributed by atoms with Gasteiger partial charge >= 0.3 is 5.97 Å². The van der Waals surface area contributed by atoms with Gasteiger partial charge in [0.15, 0.2) is 23.0 Å². The van der Waals surface area contributed by atoms with E-state index in [1.165, 1.54) is 41.6 Å². The van der Waals surface area contributed by atoms with E-state index in [4.69, 9.17) is 23.7 Å². The molecule has 0 radical (unpaired) electrons. The van der Waals surface area contributed by atoms with Gasteiger partial charge in [0.05, 0.1) is 41.1 Å². The fourth-order valence-corrected chi connectivity index (χ4v) is 2.51. The summed E-state index contributed by atoms with van der Waals surface area (Å²) in [5, 5.41) is 12.6. The molecule has 0 spiro atoms. The van der Waals surface area contributed by atoms with Crippen LogP contribution in [0.25, 0.3) is 0 Å². The first-order valence-corrected chi connectivity index (χ1v) is 7.55. The van der Waals surface area contributed by atoms with Gasteiger partial charge in [-0.1, -0.05) is 0 Å². The van der Waals surface area contributed by atoms with Crippen molar-refractivity contribution in [1.29, 1.82) is 0 Å². The van der Waals surface area contributed by atoms with E-state index in [0.29, 0.717) is 17.2 Å². The third-order valence-electron chi connectivity index (χ3n) is 3.71. The number of methoxy groups -OCH3 is 5. The predicted molar refractivity (Wildman–Crippen MR) is 95.9 cm³/mol. The molecular weight excluding hydrogens is 342 g/mol. The Labute approximate surface area is 151 Å². The number of benzene rings is 2. The van der Waals surface area contributed by atoms with Gasteiger partial charge in [-0.25, -0.2) is 4.79 Å². The largest absolute Gasteiger partial charge is 0.493 e. The second-order valence-electron chi connectivity index (χ2n) is 5.07. The van der Waals surface area contributed by atoms with Gasteiger partial charge in [-0.15, -0.1) is 0 Å². The Morgan fingerprint density at radius 2 is 1.42 bits per heavy atom. The molecule has 0 amide bonds. The molecule has 0 heterocycles. The van der Waals surface area contributed by atoms with E-state index in [1.807, 2.05) is 0 Å². The summed E-state index contributed by atoms with van der Waals surface area (Å²) in [4.78, 5) is 11.7. The Balaban J connectivity index is 2.62. The molecule has 0 unspecified atom stereocenters. The van der Waals surface area contributed by atoms with Crippen LogP contribution in [-0.2, 0) is 0 Å². The molecule has 2 aromatic rings. The van der Waals surface area contributed by atoms with E-state index >= 15 is 0 Å². The fraction of sp³-hybridized carbons (Fsp3) is 0.278. The molecule has 0 fully saturated rings. The first-order valence-electron chi connectivity index (χ1n) is 7.55. The Kier molecular flexibility index (Phi) is 6.00. The average molecular weight is 363 g/mol. The van der Waals surface area contributed by atoms with Crippen LogP contribution < -0.4 is 29.0 Å². The fourth-order valence-electron chi connectivity index (χ4n) is 2.51. The Morgan fingerprint density at radius 3 is 1.92 bits per heavy atom. The molecule has 0 aromatic heterocycles. The number of hydrogen-bond acceptors (Lipinski definition) is 7. The molecule has 26 heavy (non-hydrogen) atoms. The van der Waals surface area contributed by atoms with Gasteiger partial charge in [0, 0.05) is 17.8 Å². The van der Waals surface area contributed by atoms with E-state index < -0.39 is 5.97 Å². The van der Waals surface area contributed by atoms with Crippen LogP contribution in [0.3, 0.4) is 0 Å². The molecule has 140 valence electrons. The third-order valence-corrected chi connectivity index (χ3v) is 3.71. The summed E-state index contributed by atoms with van der Waals surface area (Å²) >= 11 is 0. The summed E-state index contributed by atoms with van der Waals surface area (Å²) in [5.74, 6) is 0.637. The van der Waals surface area contributed by atoms with Crippen molar-refractivity contribution in [3.8, 4) is 28.7 Å². The van der Waals surface area contributed by atoms with Gasteiger partial charge < -0.3 is 34.1 Å². The summed E-state index contributed by atoms with van der Waals surface area (Å²) in [6.45, 7) is 0. The van der Waals surface area contributed by atoms with Gasteiger partial charge in [0.1, 0.15) is 5.69 Å². The molecule has 0 saturated heterocycles. The highest BCUT2D eigenvalue weighted by Gasteiger charge is 2.24. The van der Waals surface area contributed by atoms with Crippen molar-refractivity contribution in [2.24, 2.45) is 0 Å². The molecule has 0 aliphatic rings. The number of ether oxygens (including phenoxy) is 5. The van der Waals surface area contributed by atoms with Crippen LogP contribution in [0.15, 0.2) is 24.3 Å². The van der Waals surface area contributed by atoms with Crippen molar-refractivity contribution in [3.05, 3.63) is 29.8 Å². The molecule has 8 heteroatoms. The van der Waals surface area contributed by atoms with Gasteiger partial charge in [-0.3, -0.25) is 0 Å². The van der Waals surface area contributed by atoms with Crippen LogP contribution in [0.5, 0.6) is 28.7 Å². The lowest BCUT2D eigenvalue weighted by molar-refractivity contribution is 0.0697. The number of hydrogen-bond donors (Lipinski definition) is 2. The molecule has 0 aliphatic carbocycles. The lowest BCUT2D eigenvalue weighted by Crippen LogP contribution is -2.07. The van der Waals surface area contributed by atoms with Gasteiger partial charge in [0.2, 0.25) is 5.75 Å². The predicted octanol–water partition coefficient (Wildman–Crippen LogP) is 3.17. The zero-order valence-corrected chi connectivity index (χ0v) is 15.2. The molecule has 0 bridgehead atoms. The first-order chi connectivity index (χ1) is 12.5. The minimum absolute atomic E-state index is 0.0331. The summed E-state index contributed by atoms with van der Waals surface area (Å²) in [5.41, 5.74) is 0.773. The van der Waals surface area contributed by atoms with Crippen LogP contribution in [0.2, 0.25) is 0 Å². The number of carboxylic acids is 1. The van der Waals surface area contributed by atoms with E-state index in [1.54, 1.807) is 18.2 Å². The minimum Gasteiger partial charge on any atom is -0.493 e. The molecule has 0 aliphatic heterocycles. The maximum Gasteiger partial charge on any atom is 0.338 e. The quantitative estimate of drug-likeness (QED) is 0.738. The lowest BCUT2D eigenvalue weighted by Gasteiger charge is -2.19. The standard InChI is InChI=1S/C18H21NO7/c1-22-12-7-6-10(8-13(12)23-2)19-15-11(18(20)21)9-14(24-3)16(25-4)17(15)26-5/h6-9,19H,1-5H3,(H,20,21). The van der Waals surface area contributed by atoms with E-state index in [0.717, 1.165) is 0 Å². The SMILES string of the molecule is COc1ccc(Nc2c(C(=O)O)cc(OC)c(OC)c2OC)cc1OC. The molecule has 2 N–H and O–H groups in total. The van der Waals surface area contributed by atoms with Crippen molar-refractivity contribution >= 4 is 17.3 Å². The van der Waals surface area contributed by atoms with Crippen molar-refractivity contribution in [2.75, 3.05) is 40.9 Å². The average Bonchev–Trinajstić information content (AvgIpc) is 2.66. The van der Waals surface area contributed by atoms with Crippen LogP contribution >= 0.6 is 0 Å². The zero-order valence-electron chi connectivity index (χ0n) is 15.2. The number of anilines is 2. The summed E-state index contributed by atoms with van der Waals surface area (Å²) in [6, 6.07) is 6.48. The van der Waals surface area contributed by atoms with Gasteiger partial charge in [0.25, 0.3) is 0 Å². The smallest absolute Gasteiger partial charge is 0.338 e.